The van der Waals surface area contributed by atoms with Gasteiger partial charge in [-0.05, 0) is 17.7 Å². The first-order valence-electron chi connectivity index (χ1n) is 6.11. The maximum atomic E-state index is 13.5. The summed E-state index contributed by atoms with van der Waals surface area (Å²) in [6.45, 7) is 0.373. The SMILES string of the molecule is COc1ccc(F)c(NC(=O)NCc2ccccc2)c1. The lowest BCUT2D eigenvalue weighted by Crippen LogP contribution is -2.28. The second-order valence-corrected chi connectivity index (χ2v) is 4.14. The minimum absolute atomic E-state index is 0.0786. The summed E-state index contributed by atoms with van der Waals surface area (Å²) in [6, 6.07) is 13.1. The van der Waals surface area contributed by atoms with E-state index in [1.807, 2.05) is 30.3 Å². The summed E-state index contributed by atoms with van der Waals surface area (Å²) < 4.78 is 18.5. The van der Waals surface area contributed by atoms with Crippen LogP contribution in [0.1, 0.15) is 5.56 Å². The van der Waals surface area contributed by atoms with Gasteiger partial charge in [-0.25, -0.2) is 9.18 Å². The fraction of sp³-hybridized carbons (Fsp3) is 0.133. The van der Waals surface area contributed by atoms with Gasteiger partial charge in [0.25, 0.3) is 0 Å². The van der Waals surface area contributed by atoms with E-state index in [0.29, 0.717) is 12.3 Å². The standard InChI is InChI=1S/C15H15FN2O2/c1-20-12-7-8-13(16)14(9-12)18-15(19)17-10-11-5-3-2-4-6-11/h2-9H,10H2,1H3,(H2,17,18,19). The molecule has 2 amide bonds. The molecule has 2 aromatic rings. The van der Waals surface area contributed by atoms with Crippen LogP contribution >= 0.6 is 0 Å². The molecule has 4 nitrogen and oxygen atoms in total. The summed E-state index contributed by atoms with van der Waals surface area (Å²) in [6.07, 6.45) is 0. The van der Waals surface area contributed by atoms with Crippen LogP contribution in [0, 0.1) is 5.82 Å². The fourth-order valence-electron chi connectivity index (χ4n) is 1.67. The molecule has 0 aliphatic heterocycles. The third-order valence-electron chi connectivity index (χ3n) is 2.72. The Labute approximate surface area is 116 Å². The highest BCUT2D eigenvalue weighted by Crippen LogP contribution is 2.20. The van der Waals surface area contributed by atoms with Crippen LogP contribution < -0.4 is 15.4 Å². The van der Waals surface area contributed by atoms with Gasteiger partial charge in [0.05, 0.1) is 12.8 Å². The van der Waals surface area contributed by atoms with Crippen LogP contribution in [0.4, 0.5) is 14.9 Å². The van der Waals surface area contributed by atoms with Gasteiger partial charge in [0.2, 0.25) is 0 Å². The maximum absolute atomic E-state index is 13.5. The number of nitrogens with one attached hydrogen (secondary N) is 2. The highest BCUT2D eigenvalue weighted by Gasteiger charge is 2.07. The van der Waals surface area contributed by atoms with Crippen molar-refractivity contribution in [1.82, 2.24) is 5.32 Å². The molecule has 20 heavy (non-hydrogen) atoms. The van der Waals surface area contributed by atoms with E-state index in [1.54, 1.807) is 0 Å². The molecule has 0 aliphatic rings. The van der Waals surface area contributed by atoms with E-state index in [4.69, 9.17) is 4.74 Å². The number of ether oxygens (including phenoxy) is 1. The number of anilines is 1. The third-order valence-corrected chi connectivity index (χ3v) is 2.72. The molecule has 5 heteroatoms. The summed E-state index contributed by atoms with van der Waals surface area (Å²) in [7, 11) is 1.48. The molecule has 0 radical (unpaired) electrons. The first-order chi connectivity index (χ1) is 9.69. The molecular formula is C15H15FN2O2. The number of carbonyl (C=O) groups excluding carboxylic acids is 1. The smallest absolute Gasteiger partial charge is 0.319 e. The van der Waals surface area contributed by atoms with Crippen molar-refractivity contribution < 1.29 is 13.9 Å². The second-order valence-electron chi connectivity index (χ2n) is 4.14. The zero-order valence-corrected chi connectivity index (χ0v) is 11.0. The number of amides is 2. The number of halogens is 1. The van der Waals surface area contributed by atoms with Gasteiger partial charge in [0, 0.05) is 12.6 Å². The average molecular weight is 274 g/mol. The predicted octanol–water partition coefficient (Wildman–Crippen LogP) is 3.16. The second kappa shape index (κ2) is 6.56. The molecule has 0 unspecified atom stereocenters. The molecule has 0 aromatic heterocycles. The number of benzene rings is 2. The third kappa shape index (κ3) is 3.71. The quantitative estimate of drug-likeness (QED) is 0.899. The van der Waals surface area contributed by atoms with Crippen LogP contribution in [0.3, 0.4) is 0 Å². The van der Waals surface area contributed by atoms with Crippen molar-refractivity contribution in [2.75, 3.05) is 12.4 Å². The molecule has 0 aliphatic carbocycles. The van der Waals surface area contributed by atoms with Crippen molar-refractivity contribution in [3.05, 3.63) is 59.9 Å². The Morgan fingerprint density at radius 2 is 1.95 bits per heavy atom. The van der Waals surface area contributed by atoms with E-state index in [2.05, 4.69) is 10.6 Å². The van der Waals surface area contributed by atoms with Gasteiger partial charge in [0.1, 0.15) is 11.6 Å². The molecule has 2 rings (SSSR count). The summed E-state index contributed by atoms with van der Waals surface area (Å²) in [5.41, 5.74) is 1.05. The Balaban J connectivity index is 1.94. The summed E-state index contributed by atoms with van der Waals surface area (Å²) >= 11 is 0. The van der Waals surface area contributed by atoms with Crippen LogP contribution in [-0.4, -0.2) is 13.1 Å². The molecule has 2 N–H and O–H groups in total. The maximum Gasteiger partial charge on any atom is 0.319 e. The first-order valence-corrected chi connectivity index (χ1v) is 6.11. The number of hydrogen-bond acceptors (Lipinski definition) is 2. The number of rotatable bonds is 4. The lowest BCUT2D eigenvalue weighted by Gasteiger charge is -2.09. The van der Waals surface area contributed by atoms with Crippen LogP contribution in [-0.2, 0) is 6.54 Å². The van der Waals surface area contributed by atoms with Crippen molar-refractivity contribution in [2.45, 2.75) is 6.54 Å². The normalized spacial score (nSPS) is 9.90. The van der Waals surface area contributed by atoms with E-state index < -0.39 is 11.8 Å². The van der Waals surface area contributed by atoms with Crippen molar-refractivity contribution in [1.29, 1.82) is 0 Å². The Kier molecular flexibility index (Phi) is 4.55. The minimum Gasteiger partial charge on any atom is -0.497 e. The topological polar surface area (TPSA) is 50.4 Å². The lowest BCUT2D eigenvalue weighted by atomic mass is 10.2. The van der Waals surface area contributed by atoms with Gasteiger partial charge in [-0.2, -0.15) is 0 Å². The molecule has 0 fully saturated rings. The number of hydrogen-bond donors (Lipinski definition) is 2. The predicted molar refractivity (Wildman–Crippen MR) is 75.3 cm³/mol. The Morgan fingerprint density at radius 1 is 1.20 bits per heavy atom. The van der Waals surface area contributed by atoms with Crippen LogP contribution in [0.2, 0.25) is 0 Å². The van der Waals surface area contributed by atoms with Gasteiger partial charge in [0.15, 0.2) is 0 Å². The summed E-state index contributed by atoms with van der Waals surface area (Å²) in [5, 5.41) is 5.10. The highest BCUT2D eigenvalue weighted by molar-refractivity contribution is 5.89. The minimum atomic E-state index is -0.513. The van der Waals surface area contributed by atoms with Crippen LogP contribution in [0.15, 0.2) is 48.5 Å². The summed E-state index contributed by atoms with van der Waals surface area (Å²) in [5.74, 6) is -0.0366. The monoisotopic (exact) mass is 274 g/mol. The molecule has 2 aromatic carbocycles. The first kappa shape index (κ1) is 13.9. The molecular weight excluding hydrogens is 259 g/mol. The fourth-order valence-corrected chi connectivity index (χ4v) is 1.67. The van der Waals surface area contributed by atoms with Gasteiger partial charge >= 0.3 is 6.03 Å². The van der Waals surface area contributed by atoms with Crippen molar-refractivity contribution in [2.24, 2.45) is 0 Å². The van der Waals surface area contributed by atoms with Gasteiger partial charge < -0.3 is 15.4 Å². The molecule has 0 saturated carbocycles. The lowest BCUT2D eigenvalue weighted by molar-refractivity contribution is 0.251. The van der Waals surface area contributed by atoms with Crippen molar-refractivity contribution in [3.8, 4) is 5.75 Å². The van der Waals surface area contributed by atoms with E-state index in [0.717, 1.165) is 5.56 Å². The largest absolute Gasteiger partial charge is 0.497 e. The Bertz CT molecular complexity index is 588. The van der Waals surface area contributed by atoms with Crippen LogP contribution in [0.5, 0.6) is 5.75 Å². The highest BCUT2D eigenvalue weighted by atomic mass is 19.1. The molecule has 104 valence electrons. The Morgan fingerprint density at radius 3 is 2.65 bits per heavy atom. The van der Waals surface area contributed by atoms with E-state index in [9.17, 15) is 9.18 Å². The molecule has 0 saturated heterocycles. The van der Waals surface area contributed by atoms with E-state index in [1.165, 1.54) is 25.3 Å². The van der Waals surface area contributed by atoms with Gasteiger partial charge in [-0.1, -0.05) is 30.3 Å². The van der Waals surface area contributed by atoms with Crippen molar-refractivity contribution >= 4 is 11.7 Å². The average Bonchev–Trinajstić information content (AvgIpc) is 2.48. The summed E-state index contributed by atoms with van der Waals surface area (Å²) in [4.78, 5) is 11.7. The number of carbonyl (C=O) groups is 1. The van der Waals surface area contributed by atoms with E-state index in [-0.39, 0.29) is 5.69 Å². The van der Waals surface area contributed by atoms with E-state index >= 15 is 0 Å². The van der Waals surface area contributed by atoms with Crippen molar-refractivity contribution in [3.63, 3.8) is 0 Å². The Hall–Kier alpha value is -2.56. The zero-order chi connectivity index (χ0) is 14.4. The number of methoxy groups -OCH3 is 1. The van der Waals surface area contributed by atoms with Crippen LogP contribution in [0.25, 0.3) is 0 Å². The zero-order valence-electron chi connectivity index (χ0n) is 11.0. The molecule has 0 bridgehead atoms. The van der Waals surface area contributed by atoms with Gasteiger partial charge in [-0.15, -0.1) is 0 Å². The molecule has 0 atom stereocenters. The number of urea groups is 1. The molecule has 0 heterocycles. The van der Waals surface area contributed by atoms with Gasteiger partial charge in [-0.3, -0.25) is 0 Å². The molecule has 0 spiro atoms.